The quantitative estimate of drug-likeness (QED) is 0.370. The Hall–Kier alpha value is -3.58. The normalized spacial score (nSPS) is 13.6. The largest absolute Gasteiger partial charge is 0.340 e. The SMILES string of the molecule is c1cnc2cc(Nc3ccncc3)nc(Nc3ccc4nc(C5CC5)sc4c3)c2c1. The van der Waals surface area contributed by atoms with Crippen LogP contribution in [0.15, 0.2) is 67.1 Å². The van der Waals surface area contributed by atoms with Gasteiger partial charge < -0.3 is 10.6 Å². The molecule has 0 bridgehead atoms. The lowest BCUT2D eigenvalue weighted by Crippen LogP contribution is -2.00. The van der Waals surface area contributed by atoms with Gasteiger partial charge in [-0.15, -0.1) is 11.3 Å². The zero-order valence-corrected chi connectivity index (χ0v) is 16.9. The molecule has 5 aromatic rings. The molecule has 30 heavy (non-hydrogen) atoms. The Bertz CT molecular complexity index is 1360. The van der Waals surface area contributed by atoms with Gasteiger partial charge in [0.15, 0.2) is 0 Å². The number of anilines is 4. The molecule has 2 N–H and O–H groups in total. The number of nitrogens with one attached hydrogen (secondary N) is 2. The molecule has 1 fully saturated rings. The van der Waals surface area contributed by atoms with Crippen molar-refractivity contribution in [3.63, 3.8) is 0 Å². The van der Waals surface area contributed by atoms with Crippen molar-refractivity contribution in [2.24, 2.45) is 0 Å². The van der Waals surface area contributed by atoms with Gasteiger partial charge in [0.2, 0.25) is 0 Å². The molecule has 1 aliphatic carbocycles. The summed E-state index contributed by atoms with van der Waals surface area (Å²) in [7, 11) is 0. The van der Waals surface area contributed by atoms with Gasteiger partial charge in [-0.25, -0.2) is 9.97 Å². The van der Waals surface area contributed by atoms with Gasteiger partial charge in [-0.2, -0.15) is 0 Å². The summed E-state index contributed by atoms with van der Waals surface area (Å²) in [4.78, 5) is 18.2. The summed E-state index contributed by atoms with van der Waals surface area (Å²) in [5, 5.41) is 9.07. The van der Waals surface area contributed by atoms with Crippen LogP contribution < -0.4 is 10.6 Å². The van der Waals surface area contributed by atoms with Crippen LogP contribution in [0.2, 0.25) is 0 Å². The third-order valence-electron chi connectivity index (χ3n) is 5.15. The van der Waals surface area contributed by atoms with Gasteiger partial charge in [0.05, 0.1) is 20.7 Å². The van der Waals surface area contributed by atoms with Crippen molar-refractivity contribution in [2.45, 2.75) is 18.8 Å². The first kappa shape index (κ1) is 17.3. The maximum Gasteiger partial charge on any atom is 0.142 e. The monoisotopic (exact) mass is 410 g/mol. The lowest BCUT2D eigenvalue weighted by atomic mass is 10.2. The highest BCUT2D eigenvalue weighted by Crippen LogP contribution is 2.43. The number of thiazole rings is 1. The van der Waals surface area contributed by atoms with E-state index in [4.69, 9.17) is 9.97 Å². The van der Waals surface area contributed by atoms with Crippen LogP contribution in [0.4, 0.5) is 23.0 Å². The number of aromatic nitrogens is 4. The first-order chi connectivity index (χ1) is 14.8. The average Bonchev–Trinajstić information content (AvgIpc) is 3.54. The van der Waals surface area contributed by atoms with Crippen LogP contribution in [0.5, 0.6) is 0 Å². The fourth-order valence-electron chi connectivity index (χ4n) is 3.48. The second-order valence-corrected chi connectivity index (χ2v) is 8.48. The van der Waals surface area contributed by atoms with Crippen LogP contribution in [0.25, 0.3) is 21.1 Å². The first-order valence-corrected chi connectivity index (χ1v) is 10.7. The van der Waals surface area contributed by atoms with E-state index in [1.54, 1.807) is 29.9 Å². The molecule has 0 aliphatic heterocycles. The Balaban J connectivity index is 1.38. The van der Waals surface area contributed by atoms with E-state index in [1.165, 1.54) is 22.5 Å². The highest BCUT2D eigenvalue weighted by molar-refractivity contribution is 7.18. The van der Waals surface area contributed by atoms with Crippen LogP contribution >= 0.6 is 11.3 Å². The fraction of sp³-hybridized carbons (Fsp3) is 0.130. The molecular formula is C23H18N6S. The Kier molecular flexibility index (Phi) is 4.06. The minimum absolute atomic E-state index is 0.673. The van der Waals surface area contributed by atoms with Gasteiger partial charge in [-0.05, 0) is 55.3 Å². The number of fused-ring (bicyclic) bond motifs is 2. The zero-order valence-electron chi connectivity index (χ0n) is 16.0. The second kappa shape index (κ2) is 7.03. The highest BCUT2D eigenvalue weighted by atomic mass is 32.1. The number of pyridine rings is 3. The summed E-state index contributed by atoms with van der Waals surface area (Å²) in [5.74, 6) is 2.17. The third kappa shape index (κ3) is 3.33. The van der Waals surface area contributed by atoms with Crippen molar-refractivity contribution in [1.29, 1.82) is 0 Å². The van der Waals surface area contributed by atoms with Crippen molar-refractivity contribution in [3.05, 3.63) is 72.1 Å². The molecule has 4 heterocycles. The summed E-state index contributed by atoms with van der Waals surface area (Å²) in [6, 6.07) is 16.0. The second-order valence-electron chi connectivity index (χ2n) is 7.42. The molecule has 0 atom stereocenters. The van der Waals surface area contributed by atoms with Gasteiger partial charge in [0.1, 0.15) is 11.6 Å². The molecule has 6 nitrogen and oxygen atoms in total. The number of hydrogen-bond donors (Lipinski definition) is 2. The molecule has 0 radical (unpaired) electrons. The van der Waals surface area contributed by atoms with E-state index in [2.05, 4.69) is 38.8 Å². The summed E-state index contributed by atoms with van der Waals surface area (Å²) in [6.45, 7) is 0. The summed E-state index contributed by atoms with van der Waals surface area (Å²) in [5.41, 5.74) is 3.87. The molecular weight excluding hydrogens is 392 g/mol. The van der Waals surface area contributed by atoms with Crippen LogP contribution in [-0.2, 0) is 0 Å². The van der Waals surface area contributed by atoms with E-state index in [1.807, 2.05) is 30.3 Å². The standard InChI is InChI=1S/C23H18N6S/c1-2-17-19(25-9-1)13-21(26-15-7-10-24-11-8-15)29-22(17)27-16-5-6-18-20(12-16)30-23(28-18)14-3-4-14/h1-2,5-14H,3-4H2,(H2,24,26,27,29). The smallest absolute Gasteiger partial charge is 0.142 e. The van der Waals surface area contributed by atoms with E-state index in [9.17, 15) is 0 Å². The predicted octanol–water partition coefficient (Wildman–Crippen LogP) is 6.00. The van der Waals surface area contributed by atoms with Crippen molar-refractivity contribution >= 4 is 55.5 Å². The molecule has 1 saturated carbocycles. The van der Waals surface area contributed by atoms with E-state index >= 15 is 0 Å². The topological polar surface area (TPSA) is 75.6 Å². The molecule has 0 spiro atoms. The van der Waals surface area contributed by atoms with Crippen LogP contribution in [0, 0.1) is 0 Å². The fourth-order valence-corrected chi connectivity index (χ4v) is 4.66. The minimum atomic E-state index is 0.673. The lowest BCUT2D eigenvalue weighted by Gasteiger charge is -2.12. The van der Waals surface area contributed by atoms with Crippen molar-refractivity contribution in [2.75, 3.05) is 10.6 Å². The number of nitrogens with zero attached hydrogens (tertiary/aromatic N) is 4. The Morgan fingerprint density at radius 2 is 1.73 bits per heavy atom. The van der Waals surface area contributed by atoms with Gasteiger partial charge in [0, 0.05) is 47.3 Å². The third-order valence-corrected chi connectivity index (χ3v) is 6.33. The van der Waals surface area contributed by atoms with Gasteiger partial charge in [-0.3, -0.25) is 9.97 Å². The summed E-state index contributed by atoms with van der Waals surface area (Å²) >= 11 is 1.80. The average molecular weight is 411 g/mol. The molecule has 0 saturated heterocycles. The summed E-state index contributed by atoms with van der Waals surface area (Å²) in [6.07, 6.45) is 7.84. The van der Waals surface area contributed by atoms with Crippen LogP contribution in [-0.4, -0.2) is 19.9 Å². The summed E-state index contributed by atoms with van der Waals surface area (Å²) < 4.78 is 1.20. The maximum atomic E-state index is 4.82. The van der Waals surface area contributed by atoms with Gasteiger partial charge >= 0.3 is 0 Å². The minimum Gasteiger partial charge on any atom is -0.340 e. The number of benzene rings is 1. The van der Waals surface area contributed by atoms with E-state index in [0.29, 0.717) is 5.92 Å². The molecule has 1 aliphatic rings. The number of hydrogen-bond acceptors (Lipinski definition) is 7. The van der Waals surface area contributed by atoms with Crippen molar-refractivity contribution < 1.29 is 0 Å². The Morgan fingerprint density at radius 1 is 0.833 bits per heavy atom. The van der Waals surface area contributed by atoms with E-state index in [0.717, 1.165) is 39.4 Å². The highest BCUT2D eigenvalue weighted by Gasteiger charge is 2.27. The Labute approximate surface area is 177 Å². The Morgan fingerprint density at radius 3 is 2.60 bits per heavy atom. The van der Waals surface area contributed by atoms with E-state index < -0.39 is 0 Å². The van der Waals surface area contributed by atoms with E-state index in [-0.39, 0.29) is 0 Å². The van der Waals surface area contributed by atoms with Crippen molar-refractivity contribution in [1.82, 2.24) is 19.9 Å². The molecule has 146 valence electrons. The molecule has 7 heteroatoms. The first-order valence-electron chi connectivity index (χ1n) is 9.92. The number of rotatable bonds is 5. The lowest BCUT2D eigenvalue weighted by molar-refractivity contribution is 1.10. The van der Waals surface area contributed by atoms with Gasteiger partial charge in [-0.1, -0.05) is 0 Å². The van der Waals surface area contributed by atoms with Crippen LogP contribution in [0.3, 0.4) is 0 Å². The maximum absolute atomic E-state index is 4.82. The predicted molar refractivity (Wildman–Crippen MR) is 122 cm³/mol. The molecule has 6 rings (SSSR count). The molecule has 4 aromatic heterocycles. The van der Waals surface area contributed by atoms with Gasteiger partial charge in [0.25, 0.3) is 0 Å². The van der Waals surface area contributed by atoms with Crippen LogP contribution in [0.1, 0.15) is 23.8 Å². The molecule has 1 aromatic carbocycles. The zero-order chi connectivity index (χ0) is 19.9. The molecule has 0 amide bonds. The van der Waals surface area contributed by atoms with Crippen molar-refractivity contribution in [3.8, 4) is 0 Å². The molecule has 0 unspecified atom stereocenters.